The summed E-state index contributed by atoms with van der Waals surface area (Å²) in [5.41, 5.74) is 0.603. The molecule has 1 unspecified atom stereocenters. The molecule has 0 aliphatic carbocycles. The van der Waals surface area contributed by atoms with Crippen LogP contribution in [-0.2, 0) is 41.6 Å². The first kappa shape index (κ1) is 49.4. The van der Waals surface area contributed by atoms with Crippen LogP contribution in [0.1, 0.15) is 102 Å². The molecule has 2 saturated heterocycles. The first-order valence-corrected chi connectivity index (χ1v) is 23.1. The highest BCUT2D eigenvalue weighted by molar-refractivity contribution is 6.34. The van der Waals surface area contributed by atoms with E-state index < -0.39 is 42.1 Å². The van der Waals surface area contributed by atoms with Crippen LogP contribution in [0.2, 0.25) is 10.0 Å². The van der Waals surface area contributed by atoms with Crippen LogP contribution in [-0.4, -0.2) is 119 Å². The largest absolute Gasteiger partial charge is 0.507 e. The number of ether oxygens (including phenoxy) is 3. The number of phenolic OH excluding ortho intramolecular Hbond substituents is 3. The second kappa shape index (κ2) is 25.1. The summed E-state index contributed by atoms with van der Waals surface area (Å²) in [7, 11) is 0. The van der Waals surface area contributed by atoms with E-state index in [1.807, 2.05) is 36.5 Å². The van der Waals surface area contributed by atoms with Gasteiger partial charge in [-0.25, -0.2) is 9.59 Å². The number of rotatable bonds is 8. The summed E-state index contributed by atoms with van der Waals surface area (Å²) in [6, 6.07) is 2.22. The molecule has 2 amide bonds. The highest BCUT2D eigenvalue weighted by atomic mass is 35.5. The Balaban J connectivity index is 1.19. The van der Waals surface area contributed by atoms with E-state index in [-0.39, 0.29) is 94.6 Å². The lowest BCUT2D eigenvalue weighted by molar-refractivity contribution is -0.139. The average Bonchev–Trinajstić information content (AvgIpc) is 3.30. The number of carbonyl (C=O) groups excluding carboxylic acids is 4. The number of hydrogen-bond acceptors (Lipinski definition) is 14. The SMILES string of the molecule is O=C1OCC/C=C/CC/C=C/C(=N\OCC(=O)N2CCCC(Oc3cc(O)c(Cl)c4c3C(=O)OCC/C=C/CC/C=C/C(=N/OCC(=O)N3CCCCC3)C4)C2)Cc2c(Cl)c(O)cc(O)c21. The van der Waals surface area contributed by atoms with Crippen molar-refractivity contribution in [2.24, 2.45) is 10.3 Å². The van der Waals surface area contributed by atoms with Crippen molar-refractivity contribution in [3.05, 3.63) is 93.0 Å². The van der Waals surface area contributed by atoms with Crippen molar-refractivity contribution in [3.8, 4) is 23.0 Å². The summed E-state index contributed by atoms with van der Waals surface area (Å²) in [5.74, 6) is -3.46. The lowest BCUT2D eigenvalue weighted by atomic mass is 9.99. The van der Waals surface area contributed by atoms with Crippen LogP contribution in [0.25, 0.3) is 0 Å². The van der Waals surface area contributed by atoms with Gasteiger partial charge in [-0.05, 0) is 93.9 Å². The number of amides is 2. The van der Waals surface area contributed by atoms with E-state index in [4.69, 9.17) is 47.1 Å². The number of carbonyl (C=O) groups is 4. The number of allylic oxidation sites excluding steroid dienone is 6. The van der Waals surface area contributed by atoms with Gasteiger partial charge in [-0.1, -0.05) is 70.0 Å². The number of fused-ring (bicyclic) bond motifs is 2. The molecule has 4 heterocycles. The smallest absolute Gasteiger partial charge is 0.342 e. The van der Waals surface area contributed by atoms with Gasteiger partial charge in [0.25, 0.3) is 11.8 Å². The maximum atomic E-state index is 13.9. The first-order chi connectivity index (χ1) is 32.0. The number of halogens is 2. The second-order valence-electron chi connectivity index (χ2n) is 16.1. The van der Waals surface area contributed by atoms with Crippen LogP contribution in [0.5, 0.6) is 23.0 Å². The molecule has 18 heteroatoms. The number of likely N-dealkylation sites (tertiary alicyclic amines) is 2. The molecule has 2 aromatic carbocycles. The number of piperidine rings is 2. The minimum Gasteiger partial charge on any atom is -0.507 e. The summed E-state index contributed by atoms with van der Waals surface area (Å²) in [6.45, 7) is 1.22. The van der Waals surface area contributed by atoms with Crippen molar-refractivity contribution in [1.82, 2.24) is 9.80 Å². The Labute approximate surface area is 393 Å². The zero-order valence-electron chi connectivity index (χ0n) is 36.8. The molecule has 0 bridgehead atoms. The Kier molecular flexibility index (Phi) is 18.8. The molecule has 16 nitrogen and oxygen atoms in total. The van der Waals surface area contributed by atoms with Gasteiger partial charge in [-0.3, -0.25) is 9.59 Å². The van der Waals surface area contributed by atoms with E-state index in [1.54, 1.807) is 22.0 Å². The number of cyclic esters (lactones) is 2. The van der Waals surface area contributed by atoms with Gasteiger partial charge in [0.05, 0.1) is 41.2 Å². The monoisotopic (exact) mass is 950 g/mol. The van der Waals surface area contributed by atoms with E-state index in [9.17, 15) is 34.5 Å². The standard InChI is InChI=1S/C48H56Cl2N4O12/c49-45-35-25-32(17-10-5-1-3-7-14-23-62-47(60)43(35)37(55)27-38(45)56)51-65-31-42(59)54-22-16-19-34(29-54)66-40-28-39(57)46(50)36-26-33(52-64-30-41(58)53-20-12-9-13-21-53)18-11-6-2-4-8-15-24-63-48(61)44(36)40/h3-4,7-8,10-11,17-18,27-28,34,55-57H,1-2,5-6,9,12-16,19-26,29-31H2/b7-3+,8-4+,17-10+,18-11+,51-32+,52-33-. The number of nitrogens with zero attached hydrogens (tertiary/aromatic N) is 4. The molecule has 354 valence electrons. The fraction of sp³-hybridized carbons (Fsp3) is 0.458. The summed E-state index contributed by atoms with van der Waals surface area (Å²) in [5, 5.41) is 40.4. The van der Waals surface area contributed by atoms with Crippen molar-refractivity contribution in [2.45, 2.75) is 89.6 Å². The molecule has 0 spiro atoms. The molecule has 4 aliphatic heterocycles. The average molecular weight is 952 g/mol. The number of oxime groups is 2. The highest BCUT2D eigenvalue weighted by Crippen LogP contribution is 2.40. The van der Waals surface area contributed by atoms with Crippen molar-refractivity contribution in [3.63, 3.8) is 0 Å². The number of benzene rings is 2. The molecule has 2 fully saturated rings. The lowest BCUT2D eigenvalue weighted by Gasteiger charge is -2.33. The molecule has 3 N–H and O–H groups in total. The number of aromatic hydroxyl groups is 3. The summed E-state index contributed by atoms with van der Waals surface area (Å²) in [4.78, 5) is 67.9. The molecule has 0 saturated carbocycles. The number of hydrogen-bond donors (Lipinski definition) is 3. The molecule has 0 aromatic heterocycles. The Hall–Kier alpha value is -6.00. The van der Waals surface area contributed by atoms with E-state index in [1.165, 1.54) is 6.07 Å². The lowest BCUT2D eigenvalue weighted by Crippen LogP contribution is -2.45. The van der Waals surface area contributed by atoms with Gasteiger partial charge >= 0.3 is 11.9 Å². The molecular weight excluding hydrogens is 895 g/mol. The topological polar surface area (TPSA) is 206 Å². The summed E-state index contributed by atoms with van der Waals surface area (Å²) < 4.78 is 17.5. The zero-order valence-corrected chi connectivity index (χ0v) is 38.3. The maximum absolute atomic E-state index is 13.9. The second-order valence-corrected chi connectivity index (χ2v) is 16.9. The molecule has 1 atom stereocenters. The van der Waals surface area contributed by atoms with Crippen LogP contribution in [0.15, 0.2) is 71.1 Å². The Morgan fingerprint density at radius 2 is 1.14 bits per heavy atom. The van der Waals surface area contributed by atoms with Crippen LogP contribution in [0, 0.1) is 0 Å². The Morgan fingerprint density at radius 3 is 1.74 bits per heavy atom. The number of phenols is 3. The third-order valence-corrected chi connectivity index (χ3v) is 12.1. The van der Waals surface area contributed by atoms with E-state index in [0.29, 0.717) is 70.3 Å². The molecule has 4 aliphatic rings. The van der Waals surface area contributed by atoms with Crippen LogP contribution >= 0.6 is 23.2 Å². The predicted octanol–water partition coefficient (Wildman–Crippen LogP) is 7.93. The third-order valence-electron chi connectivity index (χ3n) is 11.2. The van der Waals surface area contributed by atoms with Crippen molar-refractivity contribution >= 4 is 58.4 Å². The maximum Gasteiger partial charge on any atom is 0.342 e. The molecule has 2 aromatic rings. The quantitative estimate of drug-likeness (QED) is 0.131. The fourth-order valence-corrected chi connectivity index (χ4v) is 8.26. The van der Waals surface area contributed by atoms with Gasteiger partial charge in [0, 0.05) is 44.6 Å². The molecular formula is C48H56Cl2N4O12. The van der Waals surface area contributed by atoms with Gasteiger partial charge in [-0.2, -0.15) is 0 Å². The van der Waals surface area contributed by atoms with E-state index in [2.05, 4.69) is 10.3 Å². The van der Waals surface area contributed by atoms with Gasteiger partial charge in [0.1, 0.15) is 40.2 Å². The van der Waals surface area contributed by atoms with Crippen molar-refractivity contribution in [1.29, 1.82) is 0 Å². The number of esters is 2. The van der Waals surface area contributed by atoms with Crippen LogP contribution in [0.4, 0.5) is 0 Å². The van der Waals surface area contributed by atoms with Crippen molar-refractivity contribution < 1.29 is 58.4 Å². The highest BCUT2D eigenvalue weighted by Gasteiger charge is 2.31. The van der Waals surface area contributed by atoms with E-state index >= 15 is 0 Å². The summed E-state index contributed by atoms with van der Waals surface area (Å²) in [6.07, 6.45) is 21.7. The normalized spacial score (nSPS) is 22.3. The minimum absolute atomic E-state index is 0.00186. The van der Waals surface area contributed by atoms with Gasteiger partial charge in [0.2, 0.25) is 0 Å². The third kappa shape index (κ3) is 14.0. The van der Waals surface area contributed by atoms with E-state index in [0.717, 1.165) is 31.7 Å². The fourth-order valence-electron chi connectivity index (χ4n) is 7.82. The van der Waals surface area contributed by atoms with Crippen LogP contribution < -0.4 is 4.74 Å². The van der Waals surface area contributed by atoms with Gasteiger partial charge in [-0.15, -0.1) is 0 Å². The van der Waals surface area contributed by atoms with Gasteiger partial charge in [0.15, 0.2) is 13.2 Å². The zero-order chi connectivity index (χ0) is 46.8. The first-order valence-electron chi connectivity index (χ1n) is 22.3. The van der Waals surface area contributed by atoms with Gasteiger partial charge < -0.3 is 49.0 Å². The molecule has 0 radical (unpaired) electrons. The Bertz CT molecular complexity index is 2270. The minimum atomic E-state index is -0.827. The Morgan fingerprint density at radius 1 is 0.636 bits per heavy atom. The predicted molar refractivity (Wildman–Crippen MR) is 248 cm³/mol. The van der Waals surface area contributed by atoms with Crippen molar-refractivity contribution in [2.75, 3.05) is 52.6 Å². The van der Waals surface area contributed by atoms with Crippen LogP contribution in [0.3, 0.4) is 0 Å². The summed E-state index contributed by atoms with van der Waals surface area (Å²) >= 11 is 13.2. The molecule has 66 heavy (non-hydrogen) atoms. The molecule has 6 rings (SSSR count).